The molecule has 4 nitrogen and oxygen atoms in total. The summed E-state index contributed by atoms with van der Waals surface area (Å²) in [6, 6.07) is 15.5. The molecule has 0 atom stereocenters. The Bertz CT molecular complexity index is 931. The van der Waals surface area contributed by atoms with Gasteiger partial charge in [0.15, 0.2) is 5.69 Å². The molecule has 0 radical (unpaired) electrons. The quantitative estimate of drug-likeness (QED) is 0.677. The number of benzene rings is 2. The second kappa shape index (κ2) is 7.26. The molecule has 0 spiro atoms. The zero-order valence-corrected chi connectivity index (χ0v) is 14.9. The minimum Gasteiger partial charge on any atom is -0.337 e. The number of alkyl halides is 3. The smallest absolute Gasteiger partial charge is 0.337 e. The van der Waals surface area contributed by atoms with Crippen molar-refractivity contribution in [3.8, 4) is 5.69 Å². The summed E-state index contributed by atoms with van der Waals surface area (Å²) >= 11 is 0. The molecule has 0 fully saturated rings. The van der Waals surface area contributed by atoms with Crippen molar-refractivity contribution in [2.45, 2.75) is 19.6 Å². The van der Waals surface area contributed by atoms with Gasteiger partial charge in [0.1, 0.15) is 0 Å². The molecule has 0 aliphatic carbocycles. The van der Waals surface area contributed by atoms with Crippen LogP contribution in [0.2, 0.25) is 0 Å². The molecule has 140 valence electrons. The second-order valence-corrected chi connectivity index (χ2v) is 6.30. The van der Waals surface area contributed by atoms with Gasteiger partial charge in [-0.1, -0.05) is 48.0 Å². The maximum absolute atomic E-state index is 13.7. The molecule has 7 heteroatoms. The molecule has 0 aliphatic rings. The minimum absolute atomic E-state index is 0.201. The van der Waals surface area contributed by atoms with Crippen LogP contribution in [0.5, 0.6) is 0 Å². The molecule has 1 aromatic heterocycles. The van der Waals surface area contributed by atoms with E-state index in [1.807, 2.05) is 37.3 Å². The molecule has 0 saturated carbocycles. The average Bonchev–Trinajstić information content (AvgIpc) is 3.08. The van der Waals surface area contributed by atoms with E-state index in [1.165, 1.54) is 11.9 Å². The highest BCUT2D eigenvalue weighted by molar-refractivity contribution is 5.95. The van der Waals surface area contributed by atoms with E-state index in [2.05, 4.69) is 5.10 Å². The van der Waals surface area contributed by atoms with Gasteiger partial charge in [0.2, 0.25) is 0 Å². The van der Waals surface area contributed by atoms with Crippen LogP contribution in [0.25, 0.3) is 5.69 Å². The molecule has 0 bridgehead atoms. The number of halogens is 3. The van der Waals surface area contributed by atoms with Gasteiger partial charge in [-0.3, -0.25) is 4.79 Å². The first-order valence-corrected chi connectivity index (χ1v) is 8.29. The van der Waals surface area contributed by atoms with Crippen LogP contribution in [-0.2, 0) is 12.7 Å². The van der Waals surface area contributed by atoms with Crippen molar-refractivity contribution in [3.05, 3.63) is 83.2 Å². The van der Waals surface area contributed by atoms with E-state index >= 15 is 0 Å². The Labute approximate surface area is 154 Å². The van der Waals surface area contributed by atoms with Crippen molar-refractivity contribution in [1.82, 2.24) is 14.7 Å². The Kier molecular flexibility index (Phi) is 5.03. The third-order valence-corrected chi connectivity index (χ3v) is 4.16. The third kappa shape index (κ3) is 4.02. The summed E-state index contributed by atoms with van der Waals surface area (Å²) in [6.45, 7) is 2.04. The highest BCUT2D eigenvalue weighted by Gasteiger charge is 2.41. The molecule has 3 aromatic rings. The van der Waals surface area contributed by atoms with E-state index in [9.17, 15) is 18.0 Å². The molecule has 0 N–H and O–H groups in total. The van der Waals surface area contributed by atoms with Gasteiger partial charge in [0.05, 0.1) is 17.4 Å². The molecule has 1 heterocycles. The number of amides is 1. The highest BCUT2D eigenvalue weighted by atomic mass is 19.4. The normalized spacial score (nSPS) is 11.4. The van der Waals surface area contributed by atoms with E-state index in [-0.39, 0.29) is 12.2 Å². The summed E-state index contributed by atoms with van der Waals surface area (Å²) in [4.78, 5) is 13.9. The topological polar surface area (TPSA) is 38.1 Å². The first kappa shape index (κ1) is 18.7. The van der Waals surface area contributed by atoms with E-state index in [4.69, 9.17) is 0 Å². The lowest BCUT2D eigenvalue weighted by atomic mass is 10.1. The van der Waals surface area contributed by atoms with Crippen LogP contribution in [0.15, 0.2) is 60.8 Å². The number of hydrogen-bond donors (Lipinski definition) is 0. The summed E-state index contributed by atoms with van der Waals surface area (Å²) in [5, 5.41) is 3.84. The van der Waals surface area contributed by atoms with Gasteiger partial charge < -0.3 is 4.90 Å². The summed E-state index contributed by atoms with van der Waals surface area (Å²) in [5.74, 6) is -0.732. The summed E-state index contributed by atoms with van der Waals surface area (Å²) in [5.41, 5.74) is 0.446. The lowest BCUT2D eigenvalue weighted by Crippen LogP contribution is -2.28. The van der Waals surface area contributed by atoms with E-state index in [0.29, 0.717) is 0 Å². The Morgan fingerprint density at radius 1 is 1.07 bits per heavy atom. The van der Waals surface area contributed by atoms with Crippen LogP contribution in [0.3, 0.4) is 0 Å². The van der Waals surface area contributed by atoms with Crippen LogP contribution in [0.4, 0.5) is 13.2 Å². The van der Waals surface area contributed by atoms with Crippen molar-refractivity contribution in [1.29, 1.82) is 0 Å². The lowest BCUT2D eigenvalue weighted by Gasteiger charge is -2.18. The molecule has 1 amide bonds. The Morgan fingerprint density at radius 3 is 2.30 bits per heavy atom. The standard InChI is InChI=1S/C20H18F3N3O/c1-14-8-10-16(11-9-14)26-18(20(21,22)23)17(12-24-26)19(27)25(2)13-15-6-4-3-5-7-15/h3-12H,13H2,1-2H3. The molecular weight excluding hydrogens is 355 g/mol. The number of hydrogen-bond acceptors (Lipinski definition) is 2. The number of aryl methyl sites for hydroxylation is 1. The maximum atomic E-state index is 13.7. The predicted octanol–water partition coefficient (Wildman–Crippen LogP) is 4.47. The van der Waals surface area contributed by atoms with Gasteiger partial charge in [0, 0.05) is 13.6 Å². The van der Waals surface area contributed by atoms with Crippen LogP contribution >= 0.6 is 0 Å². The number of nitrogens with zero attached hydrogens (tertiary/aromatic N) is 3. The van der Waals surface area contributed by atoms with E-state index < -0.39 is 23.3 Å². The zero-order chi connectivity index (χ0) is 19.6. The van der Waals surface area contributed by atoms with Crippen LogP contribution < -0.4 is 0 Å². The Hall–Kier alpha value is -3.09. The number of carbonyl (C=O) groups excluding carboxylic acids is 1. The van der Waals surface area contributed by atoms with Gasteiger partial charge in [0.25, 0.3) is 5.91 Å². The molecule has 0 aliphatic heterocycles. The molecule has 3 rings (SSSR count). The maximum Gasteiger partial charge on any atom is 0.434 e. The van der Waals surface area contributed by atoms with E-state index in [0.717, 1.165) is 22.0 Å². The first-order chi connectivity index (χ1) is 12.8. The molecule has 2 aromatic carbocycles. The molecular formula is C20H18F3N3O. The van der Waals surface area contributed by atoms with Crippen LogP contribution in [-0.4, -0.2) is 27.6 Å². The highest BCUT2D eigenvalue weighted by Crippen LogP contribution is 2.34. The van der Waals surface area contributed by atoms with Crippen molar-refractivity contribution >= 4 is 5.91 Å². The monoisotopic (exact) mass is 373 g/mol. The number of aromatic nitrogens is 2. The van der Waals surface area contributed by atoms with Gasteiger partial charge in [-0.15, -0.1) is 0 Å². The van der Waals surface area contributed by atoms with Crippen LogP contribution in [0, 0.1) is 6.92 Å². The van der Waals surface area contributed by atoms with E-state index in [1.54, 1.807) is 24.3 Å². The fourth-order valence-corrected chi connectivity index (χ4v) is 2.79. The minimum atomic E-state index is -4.72. The third-order valence-electron chi connectivity index (χ3n) is 4.16. The summed E-state index contributed by atoms with van der Waals surface area (Å²) < 4.78 is 41.9. The second-order valence-electron chi connectivity index (χ2n) is 6.30. The molecule has 0 saturated heterocycles. The van der Waals surface area contributed by atoms with Crippen molar-refractivity contribution in [2.75, 3.05) is 7.05 Å². The molecule has 0 unspecified atom stereocenters. The van der Waals surface area contributed by atoms with Crippen molar-refractivity contribution in [2.24, 2.45) is 0 Å². The fourth-order valence-electron chi connectivity index (χ4n) is 2.79. The van der Waals surface area contributed by atoms with Gasteiger partial charge in [-0.2, -0.15) is 18.3 Å². The molecule has 27 heavy (non-hydrogen) atoms. The number of rotatable bonds is 4. The Balaban J connectivity index is 1.97. The largest absolute Gasteiger partial charge is 0.434 e. The average molecular weight is 373 g/mol. The summed E-state index contributed by atoms with van der Waals surface area (Å²) in [7, 11) is 1.47. The van der Waals surface area contributed by atoms with Crippen LogP contribution in [0.1, 0.15) is 27.2 Å². The SMILES string of the molecule is Cc1ccc(-n2ncc(C(=O)N(C)Cc3ccccc3)c2C(F)(F)F)cc1. The first-order valence-electron chi connectivity index (χ1n) is 8.29. The predicted molar refractivity (Wildman–Crippen MR) is 95.5 cm³/mol. The van der Waals surface area contributed by atoms with Gasteiger partial charge in [-0.05, 0) is 24.6 Å². The van der Waals surface area contributed by atoms with Crippen molar-refractivity contribution in [3.63, 3.8) is 0 Å². The Morgan fingerprint density at radius 2 is 1.70 bits per heavy atom. The summed E-state index contributed by atoms with van der Waals surface area (Å²) in [6.07, 6.45) is -3.74. The zero-order valence-electron chi connectivity index (χ0n) is 14.9. The number of carbonyl (C=O) groups is 1. The van der Waals surface area contributed by atoms with Gasteiger partial charge >= 0.3 is 6.18 Å². The fraction of sp³-hybridized carbons (Fsp3) is 0.200. The van der Waals surface area contributed by atoms with Crippen molar-refractivity contribution < 1.29 is 18.0 Å². The van der Waals surface area contributed by atoms with Gasteiger partial charge in [-0.25, -0.2) is 4.68 Å². The lowest BCUT2D eigenvalue weighted by molar-refractivity contribution is -0.143.